The molecule has 0 radical (unpaired) electrons. The van der Waals surface area contributed by atoms with Crippen LogP contribution in [0.25, 0.3) is 5.69 Å². The van der Waals surface area contributed by atoms with Gasteiger partial charge in [-0.1, -0.05) is 11.3 Å². The third kappa shape index (κ3) is 3.76. The quantitative estimate of drug-likeness (QED) is 0.630. The molecule has 0 fully saturated rings. The number of hydrogen-bond donors (Lipinski definition) is 1. The van der Waals surface area contributed by atoms with Crippen LogP contribution in [0.15, 0.2) is 30.5 Å². The molecule has 0 aliphatic carbocycles. The number of aromatic nitrogens is 3. The minimum absolute atomic E-state index is 0.699. The number of hydrogen-bond acceptors (Lipinski definition) is 4. The number of halogens is 1. The minimum Gasteiger partial charge on any atom is -0.383 e. The SMILES string of the molecule is COCCNCc1cn(-c2cccc(I)c2)nn1. The summed E-state index contributed by atoms with van der Waals surface area (Å²) in [5.41, 5.74) is 1.95. The summed E-state index contributed by atoms with van der Waals surface area (Å²) in [6, 6.07) is 8.14. The van der Waals surface area contributed by atoms with E-state index < -0.39 is 0 Å². The summed E-state index contributed by atoms with van der Waals surface area (Å²) in [5.74, 6) is 0. The Morgan fingerprint density at radius 3 is 3.11 bits per heavy atom. The molecule has 1 aromatic carbocycles. The molecule has 2 rings (SSSR count). The predicted molar refractivity (Wildman–Crippen MR) is 77.7 cm³/mol. The smallest absolute Gasteiger partial charge is 0.0969 e. The standard InChI is InChI=1S/C12H15IN4O/c1-18-6-5-14-8-11-9-17(16-15-11)12-4-2-3-10(13)7-12/h2-4,7,9,14H,5-6,8H2,1H3. The van der Waals surface area contributed by atoms with Crippen LogP contribution in [0.4, 0.5) is 0 Å². The van der Waals surface area contributed by atoms with Gasteiger partial charge in [-0.2, -0.15) is 0 Å². The largest absolute Gasteiger partial charge is 0.383 e. The molecular formula is C12H15IN4O. The third-order valence-corrected chi connectivity index (χ3v) is 3.07. The number of nitrogens with zero attached hydrogens (tertiary/aromatic N) is 3. The van der Waals surface area contributed by atoms with Crippen molar-refractivity contribution in [3.05, 3.63) is 39.7 Å². The highest BCUT2D eigenvalue weighted by Gasteiger charge is 2.02. The summed E-state index contributed by atoms with van der Waals surface area (Å²) in [5, 5.41) is 11.5. The zero-order valence-corrected chi connectivity index (χ0v) is 12.3. The highest BCUT2D eigenvalue weighted by atomic mass is 127. The van der Waals surface area contributed by atoms with Crippen LogP contribution in [-0.2, 0) is 11.3 Å². The fourth-order valence-electron chi connectivity index (χ4n) is 1.51. The Morgan fingerprint density at radius 1 is 1.44 bits per heavy atom. The number of nitrogens with one attached hydrogen (secondary N) is 1. The maximum Gasteiger partial charge on any atom is 0.0969 e. The fourth-order valence-corrected chi connectivity index (χ4v) is 2.04. The van der Waals surface area contributed by atoms with Crippen molar-refractivity contribution in [1.29, 1.82) is 0 Å². The van der Waals surface area contributed by atoms with Crippen LogP contribution < -0.4 is 5.32 Å². The second kappa shape index (κ2) is 6.81. The topological polar surface area (TPSA) is 52.0 Å². The van der Waals surface area contributed by atoms with Gasteiger partial charge in [0.1, 0.15) is 0 Å². The van der Waals surface area contributed by atoms with Crippen molar-refractivity contribution in [2.24, 2.45) is 0 Å². The molecule has 0 atom stereocenters. The van der Waals surface area contributed by atoms with Gasteiger partial charge >= 0.3 is 0 Å². The lowest BCUT2D eigenvalue weighted by atomic mass is 10.3. The Labute approximate surface area is 120 Å². The van der Waals surface area contributed by atoms with Gasteiger partial charge in [0.25, 0.3) is 0 Å². The molecule has 0 bridgehead atoms. The normalized spacial score (nSPS) is 10.8. The Hall–Kier alpha value is -0.990. The first-order valence-electron chi connectivity index (χ1n) is 5.66. The summed E-state index contributed by atoms with van der Waals surface area (Å²) < 4.78 is 7.93. The Morgan fingerprint density at radius 2 is 2.33 bits per heavy atom. The zero-order chi connectivity index (χ0) is 12.8. The van der Waals surface area contributed by atoms with Gasteiger partial charge in [0.05, 0.1) is 24.2 Å². The van der Waals surface area contributed by atoms with Gasteiger partial charge < -0.3 is 10.1 Å². The Kier molecular flexibility index (Phi) is 5.09. The second-order valence-electron chi connectivity index (χ2n) is 3.80. The van der Waals surface area contributed by atoms with Crippen LogP contribution in [0.3, 0.4) is 0 Å². The van der Waals surface area contributed by atoms with Crippen molar-refractivity contribution in [3.63, 3.8) is 0 Å². The Balaban J connectivity index is 1.97. The van der Waals surface area contributed by atoms with Crippen LogP contribution in [0.5, 0.6) is 0 Å². The van der Waals surface area contributed by atoms with Crippen molar-refractivity contribution in [3.8, 4) is 5.69 Å². The average Bonchev–Trinajstić information content (AvgIpc) is 2.83. The summed E-state index contributed by atoms with van der Waals surface area (Å²) in [6.07, 6.45) is 1.94. The first-order chi connectivity index (χ1) is 8.79. The molecule has 2 aromatic rings. The molecule has 1 aromatic heterocycles. The van der Waals surface area contributed by atoms with E-state index in [1.165, 1.54) is 3.57 Å². The molecule has 6 heteroatoms. The van der Waals surface area contributed by atoms with Gasteiger partial charge in [-0.3, -0.25) is 0 Å². The zero-order valence-electron chi connectivity index (χ0n) is 10.1. The predicted octanol–water partition coefficient (Wildman–Crippen LogP) is 1.61. The summed E-state index contributed by atoms with van der Waals surface area (Å²) in [4.78, 5) is 0. The molecule has 0 amide bonds. The van der Waals surface area contributed by atoms with E-state index in [0.717, 1.165) is 17.9 Å². The van der Waals surface area contributed by atoms with Gasteiger partial charge in [-0.15, -0.1) is 5.10 Å². The van der Waals surface area contributed by atoms with Gasteiger partial charge in [-0.25, -0.2) is 4.68 Å². The minimum atomic E-state index is 0.699. The molecule has 0 aliphatic heterocycles. The highest BCUT2D eigenvalue weighted by molar-refractivity contribution is 14.1. The lowest BCUT2D eigenvalue weighted by Gasteiger charge is -2.00. The first kappa shape index (κ1) is 13.4. The van der Waals surface area contributed by atoms with Crippen LogP contribution in [0.2, 0.25) is 0 Å². The first-order valence-corrected chi connectivity index (χ1v) is 6.74. The van der Waals surface area contributed by atoms with Crippen molar-refractivity contribution in [2.75, 3.05) is 20.3 Å². The van der Waals surface area contributed by atoms with Crippen molar-refractivity contribution in [1.82, 2.24) is 20.3 Å². The summed E-state index contributed by atoms with van der Waals surface area (Å²) >= 11 is 2.28. The lowest BCUT2D eigenvalue weighted by molar-refractivity contribution is 0.199. The van der Waals surface area contributed by atoms with Crippen molar-refractivity contribution in [2.45, 2.75) is 6.54 Å². The molecule has 0 saturated heterocycles. The maximum atomic E-state index is 4.96. The maximum absolute atomic E-state index is 4.96. The van der Waals surface area contributed by atoms with E-state index in [-0.39, 0.29) is 0 Å². The molecule has 0 aliphatic rings. The molecule has 0 unspecified atom stereocenters. The van der Waals surface area contributed by atoms with E-state index in [9.17, 15) is 0 Å². The molecule has 96 valence electrons. The molecule has 0 spiro atoms. The molecule has 18 heavy (non-hydrogen) atoms. The third-order valence-electron chi connectivity index (χ3n) is 2.40. The average molecular weight is 358 g/mol. The van der Waals surface area contributed by atoms with Crippen LogP contribution in [0, 0.1) is 3.57 Å². The molecular weight excluding hydrogens is 343 g/mol. The van der Waals surface area contributed by atoms with Crippen LogP contribution in [0.1, 0.15) is 5.69 Å². The molecule has 0 saturated carbocycles. The van der Waals surface area contributed by atoms with Crippen molar-refractivity contribution >= 4 is 22.6 Å². The van der Waals surface area contributed by atoms with Crippen LogP contribution >= 0.6 is 22.6 Å². The second-order valence-corrected chi connectivity index (χ2v) is 5.05. The van der Waals surface area contributed by atoms with Gasteiger partial charge in [-0.05, 0) is 40.8 Å². The van der Waals surface area contributed by atoms with E-state index in [4.69, 9.17) is 4.74 Å². The van der Waals surface area contributed by atoms with E-state index in [0.29, 0.717) is 13.2 Å². The number of methoxy groups -OCH3 is 1. The van der Waals surface area contributed by atoms with E-state index in [1.54, 1.807) is 11.8 Å². The Bertz CT molecular complexity index is 500. The molecule has 1 N–H and O–H groups in total. The lowest BCUT2D eigenvalue weighted by Crippen LogP contribution is -2.18. The fraction of sp³-hybridized carbons (Fsp3) is 0.333. The summed E-state index contributed by atoms with van der Waals surface area (Å²) in [7, 11) is 1.69. The number of ether oxygens (including phenoxy) is 1. The van der Waals surface area contributed by atoms with Gasteiger partial charge in [0, 0.05) is 23.8 Å². The molecule has 5 nitrogen and oxygen atoms in total. The molecule has 1 heterocycles. The van der Waals surface area contributed by atoms with Crippen LogP contribution in [-0.4, -0.2) is 35.3 Å². The summed E-state index contributed by atoms with van der Waals surface area (Å²) in [6.45, 7) is 2.21. The monoisotopic (exact) mass is 358 g/mol. The number of rotatable bonds is 6. The van der Waals surface area contributed by atoms with E-state index in [2.05, 4.69) is 44.3 Å². The number of benzene rings is 1. The van der Waals surface area contributed by atoms with E-state index >= 15 is 0 Å². The highest BCUT2D eigenvalue weighted by Crippen LogP contribution is 2.11. The van der Waals surface area contributed by atoms with E-state index in [1.807, 2.05) is 24.4 Å². The van der Waals surface area contributed by atoms with Gasteiger partial charge in [0.15, 0.2) is 0 Å². The van der Waals surface area contributed by atoms with Gasteiger partial charge in [0.2, 0.25) is 0 Å². The van der Waals surface area contributed by atoms with Crippen molar-refractivity contribution < 1.29 is 4.74 Å².